The molecule has 160 valence electrons. The number of benzene rings is 3. The quantitative estimate of drug-likeness (QED) is 0.520. The summed E-state index contributed by atoms with van der Waals surface area (Å²) in [6.07, 6.45) is 0.730. The highest BCUT2D eigenvalue weighted by molar-refractivity contribution is 6.04. The molecule has 0 bridgehead atoms. The van der Waals surface area contributed by atoms with Crippen molar-refractivity contribution in [1.82, 2.24) is 5.32 Å². The maximum absolute atomic E-state index is 12.6. The molecule has 0 saturated heterocycles. The molecule has 6 heteroatoms. The van der Waals surface area contributed by atoms with E-state index >= 15 is 0 Å². The van der Waals surface area contributed by atoms with Crippen LogP contribution in [0.1, 0.15) is 22.8 Å². The molecule has 0 radical (unpaired) electrons. The van der Waals surface area contributed by atoms with Crippen molar-refractivity contribution in [2.45, 2.75) is 13.3 Å². The number of carbonyl (C=O) groups is 2. The average molecular weight is 418 g/mol. The molecule has 0 fully saturated rings. The Morgan fingerprint density at radius 2 is 1.45 bits per heavy atom. The third kappa shape index (κ3) is 6.60. The number of hydrogen-bond acceptors (Lipinski definition) is 4. The van der Waals surface area contributed by atoms with Crippen LogP contribution in [0.4, 0.5) is 5.69 Å². The largest absolute Gasteiger partial charge is 0.490 e. The summed E-state index contributed by atoms with van der Waals surface area (Å²) in [5.74, 6) is 0.465. The molecule has 3 aromatic carbocycles. The van der Waals surface area contributed by atoms with Crippen LogP contribution in [0.15, 0.2) is 78.9 Å². The van der Waals surface area contributed by atoms with E-state index in [2.05, 4.69) is 10.6 Å². The molecule has 3 rings (SSSR count). The monoisotopic (exact) mass is 418 g/mol. The van der Waals surface area contributed by atoms with Crippen molar-refractivity contribution < 1.29 is 19.1 Å². The summed E-state index contributed by atoms with van der Waals surface area (Å²) in [7, 11) is 0. The van der Waals surface area contributed by atoms with Crippen LogP contribution in [0.3, 0.4) is 0 Å². The van der Waals surface area contributed by atoms with E-state index in [4.69, 9.17) is 9.47 Å². The summed E-state index contributed by atoms with van der Waals surface area (Å²) in [4.78, 5) is 25.0. The highest BCUT2D eigenvalue weighted by Crippen LogP contribution is 2.26. The predicted octanol–water partition coefficient (Wildman–Crippen LogP) is 4.08. The lowest BCUT2D eigenvalue weighted by Gasteiger charge is -2.13. The molecule has 3 aromatic rings. The van der Waals surface area contributed by atoms with Gasteiger partial charge in [0.05, 0.1) is 17.9 Å². The summed E-state index contributed by atoms with van der Waals surface area (Å²) >= 11 is 0. The number of nitrogens with one attached hydrogen (secondary N) is 2. The third-order valence-corrected chi connectivity index (χ3v) is 4.50. The zero-order valence-electron chi connectivity index (χ0n) is 17.5. The van der Waals surface area contributed by atoms with Crippen LogP contribution in [0.2, 0.25) is 0 Å². The Bertz CT molecular complexity index is 1010. The molecule has 0 unspecified atom stereocenters. The van der Waals surface area contributed by atoms with Crippen molar-refractivity contribution in [1.29, 1.82) is 0 Å². The van der Waals surface area contributed by atoms with Crippen LogP contribution in [0.25, 0.3) is 0 Å². The Morgan fingerprint density at radius 3 is 2.19 bits per heavy atom. The van der Waals surface area contributed by atoms with Crippen LogP contribution < -0.4 is 20.1 Å². The first-order chi connectivity index (χ1) is 15.2. The molecule has 0 aliphatic heterocycles. The number of hydrogen-bond donors (Lipinski definition) is 2. The van der Waals surface area contributed by atoms with Gasteiger partial charge >= 0.3 is 0 Å². The van der Waals surface area contributed by atoms with Crippen LogP contribution in [-0.4, -0.2) is 31.6 Å². The summed E-state index contributed by atoms with van der Waals surface area (Å²) in [6, 6.07) is 24.0. The van der Waals surface area contributed by atoms with Crippen LogP contribution >= 0.6 is 0 Å². The average Bonchev–Trinajstić information content (AvgIpc) is 2.80. The maximum atomic E-state index is 12.6. The third-order valence-electron chi connectivity index (χ3n) is 4.50. The molecule has 0 spiro atoms. The van der Waals surface area contributed by atoms with Gasteiger partial charge in [0.1, 0.15) is 0 Å². The van der Waals surface area contributed by atoms with E-state index in [1.807, 2.05) is 49.4 Å². The molecule has 2 N–H and O–H groups in total. The van der Waals surface area contributed by atoms with Gasteiger partial charge in [0, 0.05) is 6.54 Å². The minimum absolute atomic E-state index is 0.200. The molecule has 2 amide bonds. The Hall–Kier alpha value is -3.80. The molecule has 0 atom stereocenters. The normalized spacial score (nSPS) is 10.2. The molecule has 31 heavy (non-hydrogen) atoms. The molecule has 0 aromatic heterocycles. The van der Waals surface area contributed by atoms with Gasteiger partial charge in [-0.25, -0.2) is 0 Å². The molecular weight excluding hydrogens is 392 g/mol. The van der Waals surface area contributed by atoms with Gasteiger partial charge < -0.3 is 20.1 Å². The highest BCUT2D eigenvalue weighted by Gasteiger charge is 2.14. The smallest absolute Gasteiger partial charge is 0.262 e. The topological polar surface area (TPSA) is 76.7 Å². The Balaban J connectivity index is 1.56. The van der Waals surface area contributed by atoms with Gasteiger partial charge in [-0.3, -0.25) is 9.59 Å². The number of carbonyl (C=O) groups excluding carboxylic acids is 2. The SMILES string of the molecule is CCOc1ccccc1OCC(=O)Nc1ccccc1C(=O)NCCc1ccccc1. The van der Waals surface area contributed by atoms with Gasteiger partial charge in [0.2, 0.25) is 0 Å². The van der Waals surface area contributed by atoms with E-state index in [0.29, 0.717) is 35.9 Å². The predicted molar refractivity (Wildman–Crippen MR) is 121 cm³/mol. The van der Waals surface area contributed by atoms with E-state index in [1.165, 1.54) is 0 Å². The summed E-state index contributed by atoms with van der Waals surface area (Å²) < 4.78 is 11.1. The first-order valence-electron chi connectivity index (χ1n) is 10.2. The maximum Gasteiger partial charge on any atom is 0.262 e. The summed E-state index contributed by atoms with van der Waals surface area (Å²) in [5, 5.41) is 5.66. The number of para-hydroxylation sites is 3. The lowest BCUT2D eigenvalue weighted by atomic mass is 10.1. The molecule has 0 heterocycles. The fourth-order valence-electron chi connectivity index (χ4n) is 3.02. The first-order valence-corrected chi connectivity index (χ1v) is 10.2. The second-order valence-corrected chi connectivity index (χ2v) is 6.75. The van der Waals surface area contributed by atoms with E-state index in [-0.39, 0.29) is 18.4 Å². The number of ether oxygens (including phenoxy) is 2. The lowest BCUT2D eigenvalue weighted by Crippen LogP contribution is -2.28. The Kier molecular flexibility index (Phi) is 8.05. The lowest BCUT2D eigenvalue weighted by molar-refractivity contribution is -0.118. The minimum atomic E-state index is -0.365. The zero-order valence-corrected chi connectivity index (χ0v) is 17.5. The van der Waals surface area contributed by atoms with Crippen molar-refractivity contribution in [2.75, 3.05) is 25.1 Å². The van der Waals surface area contributed by atoms with Gasteiger partial charge in [-0.2, -0.15) is 0 Å². The Morgan fingerprint density at radius 1 is 0.806 bits per heavy atom. The molecule has 0 saturated carbocycles. The molecular formula is C25H26N2O4. The van der Waals surface area contributed by atoms with Crippen LogP contribution in [0, 0.1) is 0 Å². The van der Waals surface area contributed by atoms with Crippen LogP contribution in [-0.2, 0) is 11.2 Å². The van der Waals surface area contributed by atoms with Crippen LogP contribution in [0.5, 0.6) is 11.5 Å². The van der Waals surface area contributed by atoms with Gasteiger partial charge in [0.15, 0.2) is 18.1 Å². The molecule has 6 nitrogen and oxygen atoms in total. The number of amides is 2. The van der Waals surface area contributed by atoms with Crippen molar-refractivity contribution in [3.05, 3.63) is 90.0 Å². The Labute approximate surface area is 182 Å². The van der Waals surface area contributed by atoms with E-state index in [0.717, 1.165) is 12.0 Å². The van der Waals surface area contributed by atoms with Crippen molar-refractivity contribution in [2.24, 2.45) is 0 Å². The van der Waals surface area contributed by atoms with Crippen molar-refractivity contribution in [3.8, 4) is 11.5 Å². The highest BCUT2D eigenvalue weighted by atomic mass is 16.5. The zero-order chi connectivity index (χ0) is 21.9. The van der Waals surface area contributed by atoms with E-state index < -0.39 is 0 Å². The van der Waals surface area contributed by atoms with E-state index in [1.54, 1.807) is 36.4 Å². The van der Waals surface area contributed by atoms with Crippen molar-refractivity contribution in [3.63, 3.8) is 0 Å². The fraction of sp³-hybridized carbons (Fsp3) is 0.200. The molecule has 0 aliphatic rings. The standard InChI is InChI=1S/C25H26N2O4/c1-2-30-22-14-8-9-15-23(22)31-18-24(28)27-21-13-7-6-12-20(21)25(29)26-17-16-19-10-4-3-5-11-19/h3-15H,2,16-18H2,1H3,(H,26,29)(H,27,28). The fourth-order valence-corrected chi connectivity index (χ4v) is 3.02. The molecule has 0 aliphatic carbocycles. The summed E-state index contributed by atoms with van der Waals surface area (Å²) in [5.41, 5.74) is 1.99. The van der Waals surface area contributed by atoms with E-state index in [9.17, 15) is 9.59 Å². The second-order valence-electron chi connectivity index (χ2n) is 6.75. The number of rotatable bonds is 10. The second kappa shape index (κ2) is 11.4. The van der Waals surface area contributed by atoms with Gasteiger partial charge in [-0.15, -0.1) is 0 Å². The minimum Gasteiger partial charge on any atom is -0.490 e. The van der Waals surface area contributed by atoms with Gasteiger partial charge in [-0.05, 0) is 43.2 Å². The van der Waals surface area contributed by atoms with Gasteiger partial charge in [-0.1, -0.05) is 54.6 Å². The van der Waals surface area contributed by atoms with Crippen molar-refractivity contribution >= 4 is 17.5 Å². The summed E-state index contributed by atoms with van der Waals surface area (Å²) in [6.45, 7) is 2.68. The van der Waals surface area contributed by atoms with Gasteiger partial charge in [0.25, 0.3) is 11.8 Å². The number of anilines is 1. The first kappa shape index (κ1) is 21.9.